The number of carbonyl (C=O) groups excluding carboxylic acids is 1. The minimum atomic E-state index is -0.292. The Labute approximate surface area is 96.4 Å². The van der Waals surface area contributed by atoms with Crippen LogP contribution in [-0.2, 0) is 4.74 Å². The molecular formula is C12H20N2O2. The lowest BCUT2D eigenvalue weighted by Crippen LogP contribution is -2.36. The number of hydrogen-bond donors (Lipinski definition) is 2. The van der Waals surface area contributed by atoms with E-state index in [9.17, 15) is 4.79 Å². The summed E-state index contributed by atoms with van der Waals surface area (Å²) in [6, 6.07) is 0. The normalized spacial score (nSPS) is 32.2. The fourth-order valence-electron chi connectivity index (χ4n) is 2.68. The minimum absolute atomic E-state index is 0.292. The first-order valence-electron chi connectivity index (χ1n) is 6.09. The molecule has 1 fully saturated rings. The van der Waals surface area contributed by atoms with Gasteiger partial charge < -0.3 is 15.4 Å². The lowest BCUT2D eigenvalue weighted by molar-refractivity contribution is 0.147. The van der Waals surface area contributed by atoms with Crippen molar-refractivity contribution in [1.29, 1.82) is 0 Å². The van der Waals surface area contributed by atoms with E-state index in [2.05, 4.69) is 22.8 Å². The molecule has 2 rings (SSSR count). The Bertz CT molecular complexity index is 278. The summed E-state index contributed by atoms with van der Waals surface area (Å²) >= 11 is 0. The van der Waals surface area contributed by atoms with Crippen molar-refractivity contribution in [3.8, 4) is 0 Å². The van der Waals surface area contributed by atoms with Crippen LogP contribution in [-0.4, -0.2) is 32.3 Å². The van der Waals surface area contributed by atoms with Gasteiger partial charge in [0.15, 0.2) is 0 Å². The first kappa shape index (κ1) is 11.5. The standard InChI is InChI=1S/C12H20N2O2/c1-2-16-12(15)14-7-10-5-3-4-9-6-13-8-11(9)10/h3-4,9-11,13H,2,5-8H2,1H3,(H,14,15). The highest BCUT2D eigenvalue weighted by Gasteiger charge is 2.33. The topological polar surface area (TPSA) is 50.4 Å². The van der Waals surface area contributed by atoms with Crippen molar-refractivity contribution in [3.05, 3.63) is 12.2 Å². The van der Waals surface area contributed by atoms with Crippen molar-refractivity contribution in [3.63, 3.8) is 0 Å². The molecule has 1 heterocycles. The van der Waals surface area contributed by atoms with Gasteiger partial charge >= 0.3 is 6.09 Å². The highest BCUT2D eigenvalue weighted by Crippen LogP contribution is 2.32. The Morgan fingerprint density at radius 1 is 1.56 bits per heavy atom. The molecule has 1 saturated heterocycles. The zero-order valence-corrected chi connectivity index (χ0v) is 9.74. The highest BCUT2D eigenvalue weighted by atomic mass is 16.5. The smallest absolute Gasteiger partial charge is 0.407 e. The van der Waals surface area contributed by atoms with Crippen LogP contribution in [0.1, 0.15) is 13.3 Å². The molecule has 4 nitrogen and oxygen atoms in total. The number of carbonyl (C=O) groups is 1. The van der Waals surface area contributed by atoms with Gasteiger partial charge in [0.2, 0.25) is 0 Å². The molecule has 4 heteroatoms. The third kappa shape index (κ3) is 2.55. The molecule has 0 radical (unpaired) electrons. The molecule has 0 aromatic heterocycles. The zero-order valence-electron chi connectivity index (χ0n) is 9.74. The van der Waals surface area contributed by atoms with Crippen LogP contribution >= 0.6 is 0 Å². The maximum absolute atomic E-state index is 11.2. The maximum atomic E-state index is 11.2. The molecule has 16 heavy (non-hydrogen) atoms. The number of fused-ring (bicyclic) bond motifs is 1. The Morgan fingerprint density at radius 2 is 2.44 bits per heavy atom. The largest absolute Gasteiger partial charge is 0.450 e. The van der Waals surface area contributed by atoms with E-state index in [-0.39, 0.29) is 6.09 Å². The molecule has 0 saturated carbocycles. The molecule has 1 aliphatic heterocycles. The molecule has 1 amide bonds. The monoisotopic (exact) mass is 224 g/mol. The van der Waals surface area contributed by atoms with E-state index >= 15 is 0 Å². The number of amides is 1. The average Bonchev–Trinajstić information content (AvgIpc) is 2.75. The number of nitrogens with one attached hydrogen (secondary N) is 2. The molecule has 90 valence electrons. The van der Waals surface area contributed by atoms with Crippen LogP contribution in [0.5, 0.6) is 0 Å². The number of rotatable bonds is 3. The van der Waals surface area contributed by atoms with E-state index in [0.29, 0.717) is 24.4 Å². The van der Waals surface area contributed by atoms with Gasteiger partial charge in [0.1, 0.15) is 0 Å². The van der Waals surface area contributed by atoms with Crippen LogP contribution in [0.25, 0.3) is 0 Å². The van der Waals surface area contributed by atoms with Gasteiger partial charge in [-0.1, -0.05) is 12.2 Å². The summed E-state index contributed by atoms with van der Waals surface area (Å²) in [6.45, 7) is 5.14. The quantitative estimate of drug-likeness (QED) is 0.707. The van der Waals surface area contributed by atoms with Gasteiger partial charge in [-0.05, 0) is 37.6 Å². The van der Waals surface area contributed by atoms with E-state index in [1.54, 1.807) is 0 Å². The first-order chi connectivity index (χ1) is 7.81. The third-order valence-electron chi connectivity index (χ3n) is 3.52. The second kappa shape index (κ2) is 5.34. The lowest BCUT2D eigenvalue weighted by atomic mass is 9.78. The van der Waals surface area contributed by atoms with Gasteiger partial charge in [0.05, 0.1) is 6.61 Å². The first-order valence-corrected chi connectivity index (χ1v) is 6.09. The molecule has 0 aromatic rings. The molecular weight excluding hydrogens is 204 g/mol. The summed E-state index contributed by atoms with van der Waals surface area (Å²) in [5.41, 5.74) is 0. The van der Waals surface area contributed by atoms with Gasteiger partial charge in [-0.15, -0.1) is 0 Å². The summed E-state index contributed by atoms with van der Waals surface area (Å²) in [5, 5.41) is 6.25. The molecule has 1 aliphatic carbocycles. The van der Waals surface area contributed by atoms with E-state index in [1.165, 1.54) is 0 Å². The maximum Gasteiger partial charge on any atom is 0.407 e. The van der Waals surface area contributed by atoms with E-state index < -0.39 is 0 Å². The Balaban J connectivity index is 1.81. The van der Waals surface area contributed by atoms with Crippen LogP contribution < -0.4 is 10.6 Å². The van der Waals surface area contributed by atoms with Crippen molar-refractivity contribution < 1.29 is 9.53 Å². The predicted octanol–water partition coefficient (Wildman–Crippen LogP) is 1.14. The molecule has 3 atom stereocenters. The molecule has 2 N–H and O–H groups in total. The summed E-state index contributed by atoms with van der Waals surface area (Å²) in [4.78, 5) is 11.2. The average molecular weight is 224 g/mol. The molecule has 2 aliphatic rings. The van der Waals surface area contributed by atoms with Crippen molar-refractivity contribution >= 4 is 6.09 Å². The van der Waals surface area contributed by atoms with Crippen LogP contribution in [0.15, 0.2) is 12.2 Å². The van der Waals surface area contributed by atoms with Crippen molar-refractivity contribution in [2.24, 2.45) is 17.8 Å². The van der Waals surface area contributed by atoms with Crippen LogP contribution in [0.4, 0.5) is 4.79 Å². The Hall–Kier alpha value is -1.03. The van der Waals surface area contributed by atoms with Crippen molar-refractivity contribution in [1.82, 2.24) is 10.6 Å². The van der Waals surface area contributed by atoms with Gasteiger partial charge in [-0.3, -0.25) is 0 Å². The number of allylic oxidation sites excluding steroid dienone is 1. The SMILES string of the molecule is CCOC(=O)NCC1CC=CC2CNCC21. The van der Waals surface area contributed by atoms with E-state index in [4.69, 9.17) is 4.74 Å². The van der Waals surface area contributed by atoms with Crippen molar-refractivity contribution in [2.75, 3.05) is 26.2 Å². The minimum Gasteiger partial charge on any atom is -0.450 e. The van der Waals surface area contributed by atoms with Gasteiger partial charge in [0, 0.05) is 13.1 Å². The highest BCUT2D eigenvalue weighted by molar-refractivity contribution is 5.67. The second-order valence-corrected chi connectivity index (χ2v) is 4.51. The van der Waals surface area contributed by atoms with Crippen LogP contribution in [0.2, 0.25) is 0 Å². The van der Waals surface area contributed by atoms with E-state index in [1.807, 2.05) is 6.92 Å². The van der Waals surface area contributed by atoms with E-state index in [0.717, 1.165) is 26.1 Å². The van der Waals surface area contributed by atoms with Crippen molar-refractivity contribution in [2.45, 2.75) is 13.3 Å². The Morgan fingerprint density at radius 3 is 3.25 bits per heavy atom. The number of hydrogen-bond acceptors (Lipinski definition) is 3. The molecule has 3 unspecified atom stereocenters. The van der Waals surface area contributed by atoms with Crippen LogP contribution in [0.3, 0.4) is 0 Å². The molecule has 0 bridgehead atoms. The van der Waals surface area contributed by atoms with Gasteiger partial charge in [0.25, 0.3) is 0 Å². The van der Waals surface area contributed by atoms with Gasteiger partial charge in [-0.2, -0.15) is 0 Å². The fourth-order valence-corrected chi connectivity index (χ4v) is 2.68. The Kier molecular flexibility index (Phi) is 3.83. The summed E-state index contributed by atoms with van der Waals surface area (Å²) in [5.74, 6) is 1.88. The number of alkyl carbamates (subject to hydrolysis) is 1. The predicted molar refractivity (Wildman–Crippen MR) is 62.1 cm³/mol. The molecule has 0 spiro atoms. The second-order valence-electron chi connectivity index (χ2n) is 4.51. The van der Waals surface area contributed by atoms with Gasteiger partial charge in [-0.25, -0.2) is 4.79 Å². The zero-order chi connectivity index (χ0) is 11.4. The lowest BCUT2D eigenvalue weighted by Gasteiger charge is -2.29. The molecule has 0 aromatic carbocycles. The van der Waals surface area contributed by atoms with Crippen LogP contribution in [0, 0.1) is 17.8 Å². The summed E-state index contributed by atoms with van der Waals surface area (Å²) in [7, 11) is 0. The fraction of sp³-hybridized carbons (Fsp3) is 0.750. The number of ether oxygens (including phenoxy) is 1. The summed E-state index contributed by atoms with van der Waals surface area (Å²) in [6.07, 6.45) is 5.33. The third-order valence-corrected chi connectivity index (χ3v) is 3.52. The summed E-state index contributed by atoms with van der Waals surface area (Å²) < 4.78 is 4.86.